The van der Waals surface area contributed by atoms with Crippen molar-refractivity contribution in [2.75, 3.05) is 6.54 Å². The van der Waals surface area contributed by atoms with Gasteiger partial charge in [-0.3, -0.25) is 0 Å². The van der Waals surface area contributed by atoms with Crippen molar-refractivity contribution in [3.63, 3.8) is 0 Å². The Morgan fingerprint density at radius 2 is 1.96 bits per heavy atom. The van der Waals surface area contributed by atoms with Crippen LogP contribution in [-0.2, 0) is 36.0 Å². The third kappa shape index (κ3) is 6.74. The topological polar surface area (TPSA) is 123 Å². The van der Waals surface area contributed by atoms with Gasteiger partial charge in [0.15, 0.2) is 5.96 Å². The summed E-state index contributed by atoms with van der Waals surface area (Å²) < 4.78 is 28.3. The van der Waals surface area contributed by atoms with Gasteiger partial charge < -0.3 is 15.2 Å². The van der Waals surface area contributed by atoms with E-state index in [9.17, 15) is 8.42 Å². The Labute approximate surface area is 183 Å². The molecule has 0 bridgehead atoms. The summed E-state index contributed by atoms with van der Waals surface area (Å²) in [6.45, 7) is 7.63. The van der Waals surface area contributed by atoms with E-state index in [-0.39, 0.29) is 28.9 Å². The number of primary sulfonamides is 1. The smallest absolute Gasteiger partial charge is 0.238 e. The molecule has 0 atom stereocenters. The highest BCUT2D eigenvalue weighted by Gasteiger charge is 2.13. The summed E-state index contributed by atoms with van der Waals surface area (Å²) in [4.78, 5) is 4.61. The van der Waals surface area contributed by atoms with E-state index in [2.05, 4.69) is 20.8 Å². The van der Waals surface area contributed by atoms with Gasteiger partial charge in [0.25, 0.3) is 0 Å². The zero-order chi connectivity index (χ0) is 19.9. The maximum absolute atomic E-state index is 11.5. The van der Waals surface area contributed by atoms with Gasteiger partial charge in [0.05, 0.1) is 17.1 Å². The monoisotopic (exact) mass is 521 g/mol. The van der Waals surface area contributed by atoms with Crippen LogP contribution < -0.4 is 15.8 Å². The second kappa shape index (κ2) is 11.4. The molecule has 0 fully saturated rings. The molecule has 10 heteroatoms. The van der Waals surface area contributed by atoms with E-state index in [0.717, 1.165) is 35.4 Å². The molecule has 1 aromatic heterocycles. The van der Waals surface area contributed by atoms with Gasteiger partial charge in [0, 0.05) is 25.1 Å². The van der Waals surface area contributed by atoms with Crippen LogP contribution in [0.5, 0.6) is 0 Å². The molecule has 8 nitrogen and oxygen atoms in total. The SMILES string of the molecule is CCNC(=NCc1cccc(S(N)(=O)=O)c1)NCc1c(CC)noc1CC.I. The number of aromatic nitrogens is 1. The second-order valence-electron chi connectivity index (χ2n) is 5.98. The maximum atomic E-state index is 11.5. The van der Waals surface area contributed by atoms with Crippen molar-refractivity contribution in [2.45, 2.75) is 51.6 Å². The fourth-order valence-corrected chi connectivity index (χ4v) is 3.23. The summed E-state index contributed by atoms with van der Waals surface area (Å²) in [6.07, 6.45) is 1.58. The third-order valence-corrected chi connectivity index (χ3v) is 4.94. The summed E-state index contributed by atoms with van der Waals surface area (Å²) in [6, 6.07) is 6.47. The van der Waals surface area contributed by atoms with E-state index >= 15 is 0 Å². The lowest BCUT2D eigenvalue weighted by molar-refractivity contribution is 0.380. The molecule has 1 aromatic carbocycles. The first-order valence-corrected chi connectivity index (χ1v) is 10.5. The number of hydrogen-bond acceptors (Lipinski definition) is 5. The molecule has 156 valence electrons. The van der Waals surface area contributed by atoms with Gasteiger partial charge in [-0.05, 0) is 31.0 Å². The number of aliphatic imine (C=N–C) groups is 1. The van der Waals surface area contributed by atoms with E-state index < -0.39 is 10.0 Å². The molecule has 28 heavy (non-hydrogen) atoms. The Hall–Kier alpha value is -1.66. The van der Waals surface area contributed by atoms with Gasteiger partial charge in [0.2, 0.25) is 10.0 Å². The molecule has 0 aliphatic carbocycles. The predicted octanol–water partition coefficient (Wildman–Crippen LogP) is 2.32. The van der Waals surface area contributed by atoms with E-state index in [4.69, 9.17) is 9.66 Å². The fourth-order valence-electron chi connectivity index (χ4n) is 2.64. The van der Waals surface area contributed by atoms with Gasteiger partial charge in [-0.25, -0.2) is 18.5 Å². The van der Waals surface area contributed by atoms with Crippen LogP contribution in [0.4, 0.5) is 0 Å². The molecule has 0 saturated heterocycles. The van der Waals surface area contributed by atoms with Crippen LogP contribution in [0.2, 0.25) is 0 Å². The fraction of sp³-hybridized carbons (Fsp3) is 0.444. The van der Waals surface area contributed by atoms with Crippen LogP contribution in [0.25, 0.3) is 0 Å². The molecule has 0 radical (unpaired) electrons. The Balaban J connectivity index is 0.00000392. The van der Waals surface area contributed by atoms with E-state index in [1.54, 1.807) is 6.07 Å². The molecule has 0 spiro atoms. The molecular formula is C18H28IN5O3S. The molecule has 0 saturated carbocycles. The Morgan fingerprint density at radius 1 is 1.21 bits per heavy atom. The van der Waals surface area contributed by atoms with Crippen LogP contribution in [0.15, 0.2) is 38.7 Å². The number of aryl methyl sites for hydroxylation is 2. The number of nitrogens with one attached hydrogen (secondary N) is 2. The van der Waals surface area contributed by atoms with Crippen LogP contribution in [0.1, 0.15) is 43.4 Å². The number of rotatable bonds is 8. The van der Waals surface area contributed by atoms with Gasteiger partial charge in [-0.15, -0.1) is 24.0 Å². The summed E-state index contributed by atoms with van der Waals surface area (Å²) in [5, 5.41) is 15.8. The molecule has 0 amide bonds. The minimum Gasteiger partial charge on any atom is -0.361 e. The number of hydrogen-bond donors (Lipinski definition) is 3. The summed E-state index contributed by atoms with van der Waals surface area (Å²) in [5.74, 6) is 1.50. The van der Waals surface area contributed by atoms with Gasteiger partial charge in [-0.2, -0.15) is 0 Å². The second-order valence-corrected chi connectivity index (χ2v) is 7.54. The molecule has 0 aliphatic rings. The molecule has 2 rings (SSSR count). The zero-order valence-electron chi connectivity index (χ0n) is 16.4. The number of benzene rings is 1. The molecule has 1 heterocycles. The van der Waals surface area contributed by atoms with Crippen molar-refractivity contribution in [3.05, 3.63) is 46.8 Å². The molecule has 0 unspecified atom stereocenters. The quantitative estimate of drug-likeness (QED) is 0.279. The summed E-state index contributed by atoms with van der Waals surface area (Å²) in [5.41, 5.74) is 2.75. The Kier molecular flexibility index (Phi) is 9.90. The van der Waals surface area contributed by atoms with Crippen molar-refractivity contribution in [1.82, 2.24) is 15.8 Å². The van der Waals surface area contributed by atoms with Crippen molar-refractivity contribution in [2.24, 2.45) is 10.1 Å². The lowest BCUT2D eigenvalue weighted by Gasteiger charge is -2.12. The Morgan fingerprint density at radius 3 is 2.57 bits per heavy atom. The van der Waals surface area contributed by atoms with Gasteiger partial charge >= 0.3 is 0 Å². The normalized spacial score (nSPS) is 11.8. The minimum absolute atomic E-state index is 0. The van der Waals surface area contributed by atoms with E-state index in [0.29, 0.717) is 25.6 Å². The van der Waals surface area contributed by atoms with Crippen molar-refractivity contribution < 1.29 is 12.9 Å². The first-order valence-electron chi connectivity index (χ1n) is 8.99. The van der Waals surface area contributed by atoms with Crippen LogP contribution in [0, 0.1) is 0 Å². The predicted molar refractivity (Wildman–Crippen MR) is 120 cm³/mol. The van der Waals surface area contributed by atoms with Crippen LogP contribution >= 0.6 is 24.0 Å². The number of guanidine groups is 1. The highest BCUT2D eigenvalue weighted by atomic mass is 127. The standard InChI is InChI=1S/C18H27N5O3S.HI/c1-4-16-15(17(5-2)26-23-16)12-22-18(20-6-3)21-11-13-8-7-9-14(10-13)27(19,24)25;/h7-10H,4-6,11-12H2,1-3H3,(H2,19,24,25)(H2,20,21,22);1H. The van der Waals surface area contributed by atoms with Crippen molar-refractivity contribution in [3.8, 4) is 0 Å². The number of nitrogens with zero attached hydrogens (tertiary/aromatic N) is 2. The first kappa shape index (κ1) is 24.4. The highest BCUT2D eigenvalue weighted by molar-refractivity contribution is 14.0. The first-order chi connectivity index (χ1) is 12.9. The highest BCUT2D eigenvalue weighted by Crippen LogP contribution is 2.15. The lowest BCUT2D eigenvalue weighted by Crippen LogP contribution is -2.37. The van der Waals surface area contributed by atoms with Crippen LogP contribution in [0.3, 0.4) is 0 Å². The van der Waals surface area contributed by atoms with Crippen molar-refractivity contribution in [1.29, 1.82) is 0 Å². The molecule has 0 aliphatic heterocycles. The average Bonchev–Trinajstić information content (AvgIpc) is 3.05. The Bertz CT molecular complexity index is 875. The van der Waals surface area contributed by atoms with E-state index in [1.807, 2.05) is 26.8 Å². The average molecular weight is 521 g/mol. The molecule has 4 N–H and O–H groups in total. The molecule has 2 aromatic rings. The number of halogens is 1. The van der Waals surface area contributed by atoms with Crippen LogP contribution in [-0.4, -0.2) is 26.1 Å². The van der Waals surface area contributed by atoms with Gasteiger partial charge in [-0.1, -0.05) is 31.1 Å². The number of nitrogens with two attached hydrogens (primary N) is 1. The third-order valence-electron chi connectivity index (χ3n) is 4.03. The largest absolute Gasteiger partial charge is 0.361 e. The maximum Gasteiger partial charge on any atom is 0.238 e. The van der Waals surface area contributed by atoms with Crippen molar-refractivity contribution >= 4 is 40.0 Å². The van der Waals surface area contributed by atoms with E-state index in [1.165, 1.54) is 12.1 Å². The van der Waals surface area contributed by atoms with Gasteiger partial charge in [0.1, 0.15) is 5.76 Å². The lowest BCUT2D eigenvalue weighted by atomic mass is 10.1. The summed E-state index contributed by atoms with van der Waals surface area (Å²) >= 11 is 0. The summed E-state index contributed by atoms with van der Waals surface area (Å²) in [7, 11) is -3.73. The molecular weight excluding hydrogens is 493 g/mol. The number of sulfonamides is 1. The zero-order valence-corrected chi connectivity index (χ0v) is 19.5. The minimum atomic E-state index is -3.73.